The molecule has 6 nitrogen and oxygen atoms in total. The molecule has 5 heterocycles. The minimum absolute atomic E-state index is 0.605. The number of para-hydroxylation sites is 2. The molecule has 15 rings (SSSR count). The van der Waals surface area contributed by atoms with Crippen molar-refractivity contribution in [1.29, 1.82) is 0 Å². The number of allylic oxidation sites excluding steroid dienone is 4. The first-order valence-corrected chi connectivity index (χ1v) is 24.8. The maximum atomic E-state index is 5.31. The third-order valence-electron chi connectivity index (χ3n) is 13.5. The van der Waals surface area contributed by atoms with E-state index < -0.39 is 0 Å². The van der Waals surface area contributed by atoms with E-state index in [0.717, 1.165) is 28.1 Å². The molecule has 7 heteroatoms. The fraction of sp³-hybridized carbons (Fsp3) is 0.113. The molecule has 1 fully saturated rings. The van der Waals surface area contributed by atoms with Crippen LogP contribution in [0.3, 0.4) is 0 Å². The van der Waals surface area contributed by atoms with Gasteiger partial charge in [-0.3, -0.25) is 4.57 Å². The van der Waals surface area contributed by atoms with Gasteiger partial charge in [-0.2, -0.15) is 9.97 Å². The van der Waals surface area contributed by atoms with Crippen LogP contribution in [0.2, 0.25) is 0 Å². The molecule has 2 aliphatic rings. The van der Waals surface area contributed by atoms with Gasteiger partial charge in [-0.1, -0.05) is 207 Å². The zero-order chi connectivity index (χ0) is 46.6. The van der Waals surface area contributed by atoms with Gasteiger partial charge in [-0.25, -0.2) is 12.6 Å². The van der Waals surface area contributed by atoms with Gasteiger partial charge in [-0.05, 0) is 67.5 Å². The van der Waals surface area contributed by atoms with Crippen molar-refractivity contribution in [2.45, 2.75) is 34.1 Å². The number of nitrogens with zero attached hydrogens (tertiary/aromatic N) is 6. The number of rotatable bonds is 4. The predicted octanol–water partition coefficient (Wildman–Crippen LogP) is 16.4. The Bertz CT molecular complexity index is 3850. The molecule has 0 spiro atoms. The van der Waals surface area contributed by atoms with Gasteiger partial charge in [0.2, 0.25) is 5.95 Å². The average molecular weight is 911 g/mol. The molecule has 5 aromatic heterocycles. The molecular formula is C62H50N6S. The summed E-state index contributed by atoms with van der Waals surface area (Å²) in [5.74, 6) is 3.34. The average Bonchev–Trinajstić information content (AvgIpc) is 3.95. The van der Waals surface area contributed by atoms with Gasteiger partial charge in [0.05, 0.1) is 33.1 Å². The molecule has 1 saturated carbocycles. The van der Waals surface area contributed by atoms with Crippen LogP contribution in [0, 0.1) is 25.7 Å². The van der Waals surface area contributed by atoms with E-state index in [-0.39, 0.29) is 0 Å². The number of aryl methyl sites for hydroxylation is 2. The topological polar surface area (TPSA) is 52.4 Å². The van der Waals surface area contributed by atoms with E-state index in [1.807, 2.05) is 68.4 Å². The Labute approximate surface area is 405 Å². The second kappa shape index (κ2) is 17.5. The van der Waals surface area contributed by atoms with Crippen LogP contribution in [-0.2, 0) is 0 Å². The lowest BCUT2D eigenvalue weighted by atomic mass is 9.98. The van der Waals surface area contributed by atoms with E-state index in [0.29, 0.717) is 23.5 Å². The fourth-order valence-electron chi connectivity index (χ4n) is 10.0. The summed E-state index contributed by atoms with van der Waals surface area (Å²) in [5.41, 5.74) is 14.1. The van der Waals surface area contributed by atoms with Crippen LogP contribution in [0.4, 0.5) is 0 Å². The van der Waals surface area contributed by atoms with Gasteiger partial charge < -0.3 is 0 Å². The number of hydrogen-bond donors (Lipinski definition) is 0. The monoisotopic (exact) mass is 910 g/mol. The molecule has 2 unspecified atom stereocenters. The summed E-state index contributed by atoms with van der Waals surface area (Å²) in [6.45, 7) is 8.17. The Kier molecular flexibility index (Phi) is 10.7. The highest BCUT2D eigenvalue weighted by molar-refractivity contribution is 7.02. The number of hydrogen-bond acceptors (Lipinski definition) is 4. The Hall–Kier alpha value is -8.13. The van der Waals surface area contributed by atoms with Crippen LogP contribution >= 0.6 is 11.7 Å². The third kappa shape index (κ3) is 7.38. The number of fused-ring (bicyclic) bond motifs is 7. The molecule has 2 aliphatic carbocycles. The van der Waals surface area contributed by atoms with Crippen LogP contribution in [0.15, 0.2) is 206 Å². The Morgan fingerprint density at radius 1 is 0.435 bits per heavy atom. The van der Waals surface area contributed by atoms with Crippen molar-refractivity contribution in [3.05, 3.63) is 223 Å². The van der Waals surface area contributed by atoms with Crippen LogP contribution in [-0.4, -0.2) is 27.1 Å². The van der Waals surface area contributed by atoms with Crippen molar-refractivity contribution in [2.75, 3.05) is 0 Å². The van der Waals surface area contributed by atoms with Gasteiger partial charge in [-0.15, -0.1) is 0 Å². The van der Waals surface area contributed by atoms with Crippen molar-refractivity contribution >= 4 is 82.7 Å². The minimum Gasteiger partial charge on any atom is -0.278 e. The van der Waals surface area contributed by atoms with Gasteiger partial charge in [0.25, 0.3) is 0 Å². The van der Waals surface area contributed by atoms with Crippen molar-refractivity contribution in [1.82, 2.24) is 27.1 Å². The minimum atomic E-state index is 0.605. The zero-order valence-electron chi connectivity index (χ0n) is 39.1. The second-order valence-corrected chi connectivity index (χ2v) is 18.7. The van der Waals surface area contributed by atoms with E-state index in [1.165, 1.54) is 83.1 Å². The molecule has 0 aliphatic heterocycles. The molecule has 2 atom stereocenters. The standard InChI is InChI=1S/C46H28N6S.2C7H8.C2H6/c1-2-8-27(9-3-1)44-47-45(28-16-14-26(15-17-28)29-18-19-30-25-31(30)24-29)49-46(48-44)50-38-22-20-34-32-10-4-6-12-36(32)51-42(34)40(38)41-39(50)23-21-35-33-11-5-7-13-37(33)52(53-51)43(35)41;2*1-7-5-3-2-4-6-7;1-2/h1-24,30-31H,25H2;2*2-6H,1H3;1-2H3. The fourth-order valence-corrected chi connectivity index (χ4v) is 11.2. The highest BCUT2D eigenvalue weighted by atomic mass is 32.1. The van der Waals surface area contributed by atoms with Crippen molar-refractivity contribution in [3.63, 3.8) is 0 Å². The molecule has 0 amide bonds. The van der Waals surface area contributed by atoms with E-state index in [1.54, 1.807) is 11.7 Å². The van der Waals surface area contributed by atoms with Crippen LogP contribution in [0.25, 0.3) is 99.7 Å². The summed E-state index contributed by atoms with van der Waals surface area (Å²) in [6.07, 6.45) is 8.34. The third-order valence-corrected chi connectivity index (χ3v) is 14.5. The molecular weight excluding hydrogens is 861 g/mol. The summed E-state index contributed by atoms with van der Waals surface area (Å²) in [5, 5.41) is 7.42. The Morgan fingerprint density at radius 3 is 1.39 bits per heavy atom. The second-order valence-electron chi connectivity index (χ2n) is 17.8. The van der Waals surface area contributed by atoms with Crippen molar-refractivity contribution in [3.8, 4) is 28.7 Å². The summed E-state index contributed by atoms with van der Waals surface area (Å²) in [6, 6.07) is 66.1. The predicted molar refractivity (Wildman–Crippen MR) is 291 cm³/mol. The quantitative estimate of drug-likeness (QED) is 0.177. The number of benzene rings is 8. The zero-order valence-corrected chi connectivity index (χ0v) is 39.9. The number of aromatic nitrogens is 6. The normalized spacial score (nSPS) is 14.9. The van der Waals surface area contributed by atoms with E-state index in [9.17, 15) is 0 Å². The SMILES string of the molecule is C1=CC2CC2C=C1c1ccc(-c2nc(-c3ccccc3)nc(-n3c4ccc5c6ccccc6n6sn7c8ccccc8c8ccc3c(c4c56)c87)n2)cc1.CC.Cc1ccccc1.Cc1ccccc1. The van der Waals surface area contributed by atoms with E-state index in [4.69, 9.17) is 15.0 Å². The van der Waals surface area contributed by atoms with Gasteiger partial charge in [0.15, 0.2) is 11.6 Å². The molecule has 0 bridgehead atoms. The molecule has 13 aromatic rings. The summed E-state index contributed by atoms with van der Waals surface area (Å²) >= 11 is 1.77. The molecule has 0 saturated heterocycles. The van der Waals surface area contributed by atoms with E-state index in [2.05, 4.69) is 178 Å². The maximum Gasteiger partial charge on any atom is 0.238 e. The Morgan fingerprint density at radius 2 is 0.899 bits per heavy atom. The summed E-state index contributed by atoms with van der Waals surface area (Å²) in [7, 11) is 0. The largest absolute Gasteiger partial charge is 0.278 e. The lowest BCUT2D eigenvalue weighted by Gasteiger charge is -2.12. The first-order valence-electron chi connectivity index (χ1n) is 24.0. The first kappa shape index (κ1) is 42.2. The van der Waals surface area contributed by atoms with Crippen molar-refractivity contribution < 1.29 is 0 Å². The van der Waals surface area contributed by atoms with Gasteiger partial charge >= 0.3 is 0 Å². The lowest BCUT2D eigenvalue weighted by Crippen LogP contribution is -2.06. The lowest BCUT2D eigenvalue weighted by molar-refractivity contribution is 0.953. The summed E-state index contributed by atoms with van der Waals surface area (Å²) in [4.78, 5) is 15.7. The van der Waals surface area contributed by atoms with Crippen LogP contribution in [0.1, 0.15) is 37.0 Å². The highest BCUT2D eigenvalue weighted by Gasteiger charge is 2.35. The molecule has 334 valence electrons. The van der Waals surface area contributed by atoms with Gasteiger partial charge in [0.1, 0.15) is 0 Å². The van der Waals surface area contributed by atoms with E-state index >= 15 is 0 Å². The summed E-state index contributed by atoms with van der Waals surface area (Å²) < 4.78 is 7.12. The molecule has 8 aromatic carbocycles. The first-order chi connectivity index (χ1) is 34.1. The molecule has 0 radical (unpaired) electrons. The maximum absolute atomic E-state index is 5.31. The van der Waals surface area contributed by atoms with Gasteiger partial charge in [0, 0.05) is 55.2 Å². The molecule has 0 N–H and O–H groups in total. The van der Waals surface area contributed by atoms with Crippen LogP contribution < -0.4 is 0 Å². The highest BCUT2D eigenvalue weighted by Crippen LogP contribution is 2.47. The smallest absolute Gasteiger partial charge is 0.238 e. The van der Waals surface area contributed by atoms with Crippen LogP contribution in [0.5, 0.6) is 0 Å². The Balaban J connectivity index is 0.000000265. The van der Waals surface area contributed by atoms with Crippen molar-refractivity contribution in [2.24, 2.45) is 11.8 Å². The molecule has 69 heavy (non-hydrogen) atoms.